The molecule has 1 aromatic heterocycles. The van der Waals surface area contributed by atoms with Crippen LogP contribution < -0.4 is 0 Å². The van der Waals surface area contributed by atoms with E-state index in [9.17, 15) is 10.4 Å². The SMILES string of the molecule is N#C/C(=C(/O)C12CC3CC(CC(C3)C1)C2)c1ccc2ccccc2n1. The quantitative estimate of drug-likeness (QED) is 0.605. The van der Waals surface area contributed by atoms with E-state index in [2.05, 4.69) is 11.1 Å². The molecule has 0 radical (unpaired) electrons. The van der Waals surface area contributed by atoms with Crippen molar-refractivity contribution in [1.29, 1.82) is 5.26 Å². The summed E-state index contributed by atoms with van der Waals surface area (Å²) in [4.78, 5) is 4.65. The third-order valence-corrected chi connectivity index (χ3v) is 6.74. The van der Waals surface area contributed by atoms with Gasteiger partial charge in [-0.1, -0.05) is 24.3 Å². The van der Waals surface area contributed by atoms with Crippen LogP contribution in [0.3, 0.4) is 0 Å². The van der Waals surface area contributed by atoms with Gasteiger partial charge in [-0.15, -0.1) is 0 Å². The minimum atomic E-state index is -0.173. The lowest BCUT2D eigenvalue weighted by Gasteiger charge is -2.56. The highest BCUT2D eigenvalue weighted by Crippen LogP contribution is 2.62. The van der Waals surface area contributed by atoms with Gasteiger partial charge in [0.2, 0.25) is 0 Å². The molecule has 6 rings (SSSR count). The van der Waals surface area contributed by atoms with Crippen LogP contribution in [-0.4, -0.2) is 10.1 Å². The molecule has 2 aromatic rings. The number of aromatic nitrogens is 1. The number of pyridine rings is 1. The van der Waals surface area contributed by atoms with Crippen molar-refractivity contribution in [3.8, 4) is 6.07 Å². The summed E-state index contributed by atoms with van der Waals surface area (Å²) < 4.78 is 0. The maximum absolute atomic E-state index is 11.2. The first-order valence-electron chi connectivity index (χ1n) is 9.37. The summed E-state index contributed by atoms with van der Waals surface area (Å²) in [5.41, 5.74) is 1.68. The third kappa shape index (κ3) is 2.28. The predicted molar refractivity (Wildman–Crippen MR) is 97.5 cm³/mol. The molecule has 0 aliphatic heterocycles. The molecule has 4 aliphatic carbocycles. The first-order valence-corrected chi connectivity index (χ1v) is 9.37. The van der Waals surface area contributed by atoms with Gasteiger partial charge < -0.3 is 5.11 Å². The summed E-state index contributed by atoms with van der Waals surface area (Å²) >= 11 is 0. The number of aliphatic hydroxyl groups excluding tert-OH is 1. The van der Waals surface area contributed by atoms with Gasteiger partial charge in [-0.3, -0.25) is 0 Å². The van der Waals surface area contributed by atoms with Crippen molar-refractivity contribution in [2.75, 3.05) is 0 Å². The summed E-state index contributed by atoms with van der Waals surface area (Å²) in [6.45, 7) is 0. The van der Waals surface area contributed by atoms with Crippen LogP contribution in [0.25, 0.3) is 16.5 Å². The molecule has 1 heterocycles. The Hall–Kier alpha value is -2.34. The number of para-hydroxylation sites is 1. The fourth-order valence-electron chi connectivity index (χ4n) is 6.10. The Morgan fingerprint density at radius 3 is 2.28 bits per heavy atom. The molecule has 0 atom stereocenters. The van der Waals surface area contributed by atoms with E-state index in [1.54, 1.807) is 0 Å². The third-order valence-electron chi connectivity index (χ3n) is 6.74. The summed E-state index contributed by atoms with van der Waals surface area (Å²) in [7, 11) is 0. The monoisotopic (exact) mass is 330 g/mol. The fraction of sp³-hybridized carbons (Fsp3) is 0.455. The lowest BCUT2D eigenvalue weighted by Crippen LogP contribution is -2.47. The fourth-order valence-corrected chi connectivity index (χ4v) is 6.10. The van der Waals surface area contributed by atoms with Crippen molar-refractivity contribution in [2.24, 2.45) is 23.2 Å². The summed E-state index contributed by atoms with van der Waals surface area (Å²) in [5, 5.41) is 22.1. The second-order valence-corrected chi connectivity index (χ2v) is 8.42. The summed E-state index contributed by atoms with van der Waals surface area (Å²) in [6.07, 6.45) is 7.10. The van der Waals surface area contributed by atoms with E-state index in [0.29, 0.717) is 17.0 Å². The first kappa shape index (κ1) is 15.0. The van der Waals surface area contributed by atoms with Crippen LogP contribution in [0.1, 0.15) is 44.2 Å². The zero-order chi connectivity index (χ0) is 17.0. The highest BCUT2D eigenvalue weighted by atomic mass is 16.3. The normalized spacial score (nSPS) is 34.0. The Kier molecular flexibility index (Phi) is 3.19. The number of benzene rings is 1. The van der Waals surface area contributed by atoms with Crippen LogP contribution in [0, 0.1) is 34.5 Å². The molecule has 4 aliphatic rings. The van der Waals surface area contributed by atoms with Crippen LogP contribution in [0.15, 0.2) is 42.2 Å². The van der Waals surface area contributed by atoms with E-state index in [-0.39, 0.29) is 5.41 Å². The predicted octanol–water partition coefficient (Wildman–Crippen LogP) is 5.24. The van der Waals surface area contributed by atoms with Gasteiger partial charge in [0.1, 0.15) is 17.4 Å². The molecule has 0 spiro atoms. The molecule has 1 aromatic carbocycles. The molecule has 0 amide bonds. The van der Waals surface area contributed by atoms with Crippen LogP contribution in [0.2, 0.25) is 0 Å². The van der Waals surface area contributed by atoms with Gasteiger partial charge >= 0.3 is 0 Å². The zero-order valence-corrected chi connectivity index (χ0v) is 14.3. The number of allylic oxidation sites excluding steroid dienone is 2. The standard InChI is InChI=1S/C22H22N2O/c23-13-18(20-6-5-17-3-1-2-4-19(17)24-20)21(25)22-10-14-7-15(11-22)9-16(8-14)12-22/h1-6,14-16,25H,7-12H2/b21-18-. The highest BCUT2D eigenvalue weighted by molar-refractivity contribution is 5.84. The van der Waals surface area contributed by atoms with Crippen molar-refractivity contribution >= 4 is 16.5 Å². The molecule has 126 valence electrons. The van der Waals surface area contributed by atoms with Crippen LogP contribution >= 0.6 is 0 Å². The first-order chi connectivity index (χ1) is 12.2. The summed E-state index contributed by atoms with van der Waals surface area (Å²) in [6, 6.07) is 14.0. The second-order valence-electron chi connectivity index (χ2n) is 8.42. The van der Waals surface area contributed by atoms with E-state index in [1.807, 2.05) is 36.4 Å². The lowest BCUT2D eigenvalue weighted by molar-refractivity contribution is -0.0498. The van der Waals surface area contributed by atoms with Gasteiger partial charge in [0.15, 0.2) is 0 Å². The van der Waals surface area contributed by atoms with Gasteiger partial charge in [-0.25, -0.2) is 4.98 Å². The van der Waals surface area contributed by atoms with Crippen molar-refractivity contribution in [2.45, 2.75) is 38.5 Å². The number of fused-ring (bicyclic) bond motifs is 1. The lowest BCUT2D eigenvalue weighted by atomic mass is 9.49. The van der Waals surface area contributed by atoms with Crippen LogP contribution in [0.4, 0.5) is 0 Å². The van der Waals surface area contributed by atoms with Gasteiger partial charge in [0.25, 0.3) is 0 Å². The number of aliphatic hydroxyl groups is 1. The van der Waals surface area contributed by atoms with Crippen LogP contribution in [0.5, 0.6) is 0 Å². The number of rotatable bonds is 2. The van der Waals surface area contributed by atoms with Gasteiger partial charge in [0.05, 0.1) is 11.2 Å². The zero-order valence-electron chi connectivity index (χ0n) is 14.3. The number of nitrogens with zero attached hydrogens (tertiary/aromatic N) is 2. The van der Waals surface area contributed by atoms with Crippen molar-refractivity contribution in [1.82, 2.24) is 4.98 Å². The number of nitriles is 1. The molecular weight excluding hydrogens is 308 g/mol. The molecule has 4 bridgehead atoms. The van der Waals surface area contributed by atoms with E-state index in [1.165, 1.54) is 19.3 Å². The van der Waals surface area contributed by atoms with Crippen molar-refractivity contribution < 1.29 is 5.11 Å². The molecule has 1 N–H and O–H groups in total. The molecule has 0 saturated heterocycles. The topological polar surface area (TPSA) is 56.9 Å². The largest absolute Gasteiger partial charge is 0.510 e. The van der Waals surface area contributed by atoms with Gasteiger partial charge in [0, 0.05) is 10.8 Å². The van der Waals surface area contributed by atoms with Crippen LogP contribution in [-0.2, 0) is 0 Å². The van der Waals surface area contributed by atoms with E-state index >= 15 is 0 Å². The minimum absolute atomic E-state index is 0.173. The van der Waals surface area contributed by atoms with E-state index < -0.39 is 0 Å². The molecule has 4 saturated carbocycles. The van der Waals surface area contributed by atoms with E-state index in [4.69, 9.17) is 0 Å². The molecule has 4 fully saturated rings. The Morgan fingerprint density at radius 2 is 1.64 bits per heavy atom. The number of hydrogen-bond donors (Lipinski definition) is 1. The van der Waals surface area contributed by atoms with Gasteiger partial charge in [-0.2, -0.15) is 5.26 Å². The maximum Gasteiger partial charge on any atom is 0.118 e. The smallest absolute Gasteiger partial charge is 0.118 e. The Balaban J connectivity index is 1.61. The Labute approximate surface area is 148 Å². The van der Waals surface area contributed by atoms with Crippen molar-refractivity contribution in [3.63, 3.8) is 0 Å². The average molecular weight is 330 g/mol. The molecule has 3 heteroatoms. The van der Waals surface area contributed by atoms with Gasteiger partial charge in [-0.05, 0) is 68.4 Å². The summed E-state index contributed by atoms with van der Waals surface area (Å²) in [5.74, 6) is 2.52. The molecule has 0 unspecified atom stereocenters. The average Bonchev–Trinajstić information content (AvgIpc) is 2.61. The molecule has 25 heavy (non-hydrogen) atoms. The van der Waals surface area contributed by atoms with Crippen molar-refractivity contribution in [3.05, 3.63) is 47.9 Å². The minimum Gasteiger partial charge on any atom is -0.510 e. The Bertz CT molecular complexity index is 886. The van der Waals surface area contributed by atoms with E-state index in [0.717, 1.165) is 47.9 Å². The Morgan fingerprint density at radius 1 is 1.00 bits per heavy atom. The highest BCUT2D eigenvalue weighted by Gasteiger charge is 2.53. The number of hydrogen-bond acceptors (Lipinski definition) is 3. The molecular formula is C22H22N2O. The second kappa shape index (κ2) is 5.33. The maximum atomic E-state index is 11.2. The molecule has 3 nitrogen and oxygen atoms in total.